The first-order valence-corrected chi connectivity index (χ1v) is 11.8. The van der Waals surface area contributed by atoms with Crippen LogP contribution in [0.4, 0.5) is 0 Å². The number of benzene rings is 1. The number of hydrogen-bond donors (Lipinski definition) is 5. The number of nitrogens with one attached hydrogen (secondary N) is 1. The molecule has 1 amide bonds. The van der Waals surface area contributed by atoms with E-state index < -0.39 is 54.0 Å². The van der Waals surface area contributed by atoms with Crippen LogP contribution in [-0.4, -0.2) is 76.2 Å². The second-order valence-electron chi connectivity index (χ2n) is 10.3. The first-order valence-electron chi connectivity index (χ1n) is 11.8. The Balaban J connectivity index is 1.77. The molecule has 2 aliphatic rings. The summed E-state index contributed by atoms with van der Waals surface area (Å²) in [6.45, 7) is 8.48. The fourth-order valence-corrected chi connectivity index (χ4v) is 4.94. The molecule has 1 fully saturated rings. The molecule has 0 unspecified atom stereocenters. The summed E-state index contributed by atoms with van der Waals surface area (Å²) in [5.74, 6) is -1.98. The number of carbonyl (C=O) groups is 2. The molecule has 0 saturated carbocycles. The number of rotatable bonds is 7. The summed E-state index contributed by atoms with van der Waals surface area (Å²) in [4.78, 5) is 24.2. The smallest absolute Gasteiger partial charge is 0.342 e. The van der Waals surface area contributed by atoms with Gasteiger partial charge in [0.15, 0.2) is 6.23 Å². The Labute approximate surface area is 205 Å². The molecule has 1 aromatic rings. The highest BCUT2D eigenvalue weighted by atomic mass is 16.6. The lowest BCUT2D eigenvalue weighted by Crippen LogP contribution is -2.57. The molecular formula is C25H37NO9. The number of cyclic esters (lactones) is 1. The van der Waals surface area contributed by atoms with Gasteiger partial charge in [0.25, 0.3) is 0 Å². The van der Waals surface area contributed by atoms with Crippen LogP contribution in [0.15, 0.2) is 6.07 Å². The molecule has 1 saturated heterocycles. The van der Waals surface area contributed by atoms with Crippen molar-refractivity contribution in [2.75, 3.05) is 7.11 Å². The van der Waals surface area contributed by atoms with E-state index in [2.05, 4.69) is 5.32 Å². The van der Waals surface area contributed by atoms with Gasteiger partial charge in [-0.05, 0) is 18.1 Å². The van der Waals surface area contributed by atoms with Crippen LogP contribution >= 0.6 is 0 Å². The second-order valence-corrected chi connectivity index (χ2v) is 10.3. The highest BCUT2D eigenvalue weighted by molar-refractivity contribution is 5.96. The van der Waals surface area contributed by atoms with Crippen molar-refractivity contribution in [2.45, 2.75) is 90.6 Å². The van der Waals surface area contributed by atoms with Crippen LogP contribution in [0.2, 0.25) is 0 Å². The molecule has 0 aromatic heterocycles. The maximum Gasteiger partial charge on any atom is 0.342 e. The monoisotopic (exact) mass is 495 g/mol. The van der Waals surface area contributed by atoms with Gasteiger partial charge in [-0.15, -0.1) is 0 Å². The molecule has 0 bridgehead atoms. The molecule has 10 nitrogen and oxygen atoms in total. The first kappa shape index (κ1) is 27.2. The summed E-state index contributed by atoms with van der Waals surface area (Å²) in [5.41, 5.74) is 0.304. The number of fused-ring (bicyclic) bond motifs is 1. The number of esters is 1. The number of hydrogen-bond acceptors (Lipinski definition) is 9. The molecule has 5 N–H and O–H groups in total. The number of amides is 1. The Morgan fingerprint density at radius 2 is 1.94 bits per heavy atom. The quantitative estimate of drug-likeness (QED) is 0.280. The van der Waals surface area contributed by atoms with E-state index >= 15 is 0 Å². The number of phenolic OH excluding ortho intramolecular Hbond substituents is 2. The molecule has 196 valence electrons. The number of aliphatic hydroxyl groups is 2. The summed E-state index contributed by atoms with van der Waals surface area (Å²) in [5, 5.41) is 44.8. The van der Waals surface area contributed by atoms with E-state index in [1.54, 1.807) is 13.8 Å². The Hall–Kier alpha value is -2.40. The van der Waals surface area contributed by atoms with Crippen LogP contribution < -0.4 is 5.32 Å². The van der Waals surface area contributed by atoms with Gasteiger partial charge in [-0.3, -0.25) is 4.79 Å². The number of aromatic hydroxyl groups is 2. The van der Waals surface area contributed by atoms with Gasteiger partial charge in [-0.25, -0.2) is 4.79 Å². The van der Waals surface area contributed by atoms with Crippen molar-refractivity contribution in [2.24, 2.45) is 11.3 Å². The van der Waals surface area contributed by atoms with Crippen molar-refractivity contribution in [3.63, 3.8) is 0 Å². The minimum Gasteiger partial charge on any atom is -0.508 e. The summed E-state index contributed by atoms with van der Waals surface area (Å²) in [6.07, 6.45) is -3.76. The van der Waals surface area contributed by atoms with Crippen molar-refractivity contribution in [1.29, 1.82) is 0 Å². The van der Waals surface area contributed by atoms with Gasteiger partial charge in [0.05, 0.1) is 18.3 Å². The summed E-state index contributed by atoms with van der Waals surface area (Å²) in [7, 11) is 1.44. The fourth-order valence-electron chi connectivity index (χ4n) is 4.94. The Bertz CT molecular complexity index is 963. The number of phenols is 2. The number of carbonyl (C=O) groups excluding carboxylic acids is 2. The zero-order valence-corrected chi connectivity index (χ0v) is 21.1. The summed E-state index contributed by atoms with van der Waals surface area (Å²) < 4.78 is 17.1. The third-order valence-corrected chi connectivity index (χ3v) is 7.61. The normalized spacial score (nSPS) is 28.4. The highest BCUT2D eigenvalue weighted by Crippen LogP contribution is 2.42. The minimum atomic E-state index is -0.961. The van der Waals surface area contributed by atoms with Gasteiger partial charge >= 0.3 is 5.97 Å². The predicted octanol–water partition coefficient (Wildman–Crippen LogP) is 1.53. The third kappa shape index (κ3) is 5.40. The van der Waals surface area contributed by atoms with Gasteiger partial charge in [-0.2, -0.15) is 0 Å². The predicted molar refractivity (Wildman–Crippen MR) is 125 cm³/mol. The standard InChI is InChI=1S/C25H37NO9/c1-11-14-7-18(35-24(32)22(14)17(30)8-15(11)28)12(2)16(29)9-21-25(4,5)20(31)10-19(34-21)23(33-6)26-13(3)27/h8,12,16,18-21,23,28-31H,7,9-10H2,1-6H3,(H,26,27)/t12-,16+,18-,19+,20-,21-,23-/m1/s1. The molecule has 1 aromatic carbocycles. The molecule has 0 radical (unpaired) electrons. The zero-order valence-electron chi connectivity index (χ0n) is 21.1. The number of ether oxygens (including phenoxy) is 3. The molecule has 0 aliphatic carbocycles. The van der Waals surface area contributed by atoms with E-state index in [0.29, 0.717) is 11.1 Å². The molecule has 2 aliphatic heterocycles. The van der Waals surface area contributed by atoms with E-state index in [9.17, 15) is 30.0 Å². The molecule has 7 atom stereocenters. The van der Waals surface area contributed by atoms with E-state index in [1.165, 1.54) is 14.0 Å². The van der Waals surface area contributed by atoms with Crippen molar-refractivity contribution >= 4 is 11.9 Å². The number of methoxy groups -OCH3 is 1. The molecule has 0 spiro atoms. The molecule has 2 heterocycles. The summed E-state index contributed by atoms with van der Waals surface area (Å²) >= 11 is 0. The molecule has 3 rings (SSSR count). The lowest BCUT2D eigenvalue weighted by atomic mass is 9.73. The van der Waals surface area contributed by atoms with Crippen molar-refractivity contribution < 1.29 is 44.2 Å². The van der Waals surface area contributed by atoms with Gasteiger partial charge in [0.2, 0.25) is 5.91 Å². The SMILES string of the molecule is CO[C@@H](NC(C)=O)[C@@H]1C[C@@H](O)C(C)(C)[C@@H](C[C@H](O)[C@@H](C)[C@H]2Cc3c(C)c(O)cc(O)c3C(=O)O2)O1. The first-order chi connectivity index (χ1) is 16.3. The van der Waals surface area contributed by atoms with Crippen LogP contribution in [0.3, 0.4) is 0 Å². The highest BCUT2D eigenvalue weighted by Gasteiger charge is 2.48. The second kappa shape index (κ2) is 10.3. The Morgan fingerprint density at radius 1 is 1.29 bits per heavy atom. The van der Waals surface area contributed by atoms with Crippen molar-refractivity contribution in [1.82, 2.24) is 5.32 Å². The van der Waals surface area contributed by atoms with Gasteiger partial charge in [0.1, 0.15) is 29.3 Å². The lowest BCUT2D eigenvalue weighted by Gasteiger charge is -2.48. The Kier molecular flexibility index (Phi) is 8.00. The van der Waals surface area contributed by atoms with Crippen LogP contribution in [0.5, 0.6) is 11.5 Å². The maximum atomic E-state index is 12.6. The van der Waals surface area contributed by atoms with Gasteiger partial charge in [-0.1, -0.05) is 20.8 Å². The molecule has 35 heavy (non-hydrogen) atoms. The lowest BCUT2D eigenvalue weighted by molar-refractivity contribution is -0.216. The van der Waals surface area contributed by atoms with Crippen molar-refractivity contribution in [3.05, 3.63) is 22.8 Å². The largest absolute Gasteiger partial charge is 0.508 e. The van der Waals surface area contributed by atoms with Gasteiger partial charge in [0, 0.05) is 50.7 Å². The average molecular weight is 496 g/mol. The van der Waals surface area contributed by atoms with Crippen LogP contribution in [0, 0.1) is 18.3 Å². The molecule has 10 heteroatoms. The fraction of sp³-hybridized carbons (Fsp3) is 0.680. The van der Waals surface area contributed by atoms with Crippen LogP contribution in [-0.2, 0) is 25.4 Å². The topological polar surface area (TPSA) is 155 Å². The maximum absolute atomic E-state index is 12.6. The van der Waals surface area contributed by atoms with Gasteiger partial charge < -0.3 is 40.0 Å². The zero-order chi connectivity index (χ0) is 26.2. The molecular weight excluding hydrogens is 458 g/mol. The average Bonchev–Trinajstić information content (AvgIpc) is 2.77. The van der Waals surface area contributed by atoms with Crippen LogP contribution in [0.1, 0.15) is 62.0 Å². The summed E-state index contributed by atoms with van der Waals surface area (Å²) in [6, 6.07) is 1.12. The number of aliphatic hydroxyl groups excluding tert-OH is 2. The van der Waals surface area contributed by atoms with Crippen LogP contribution in [0.25, 0.3) is 0 Å². The Morgan fingerprint density at radius 3 is 2.54 bits per heavy atom. The van der Waals surface area contributed by atoms with E-state index in [0.717, 1.165) is 6.07 Å². The minimum absolute atomic E-state index is 0.0320. The third-order valence-electron chi connectivity index (χ3n) is 7.61. The van der Waals surface area contributed by atoms with Crippen molar-refractivity contribution in [3.8, 4) is 11.5 Å². The van der Waals surface area contributed by atoms with E-state index in [-0.39, 0.29) is 42.2 Å². The van der Waals surface area contributed by atoms with E-state index in [1.807, 2.05) is 13.8 Å². The van der Waals surface area contributed by atoms with E-state index in [4.69, 9.17) is 14.2 Å².